The molecular formula is C4H6O2S. The molecule has 0 amide bonds. The molecule has 1 saturated heterocycles. The van der Waals surface area contributed by atoms with E-state index < -0.39 is 5.44 Å². The first-order valence-electron chi connectivity index (χ1n) is 2.10. The van der Waals surface area contributed by atoms with E-state index in [1.807, 2.05) is 0 Å². The zero-order valence-electron chi connectivity index (χ0n) is 3.76. The van der Waals surface area contributed by atoms with Crippen LogP contribution in [0.25, 0.3) is 0 Å². The quantitative estimate of drug-likeness (QED) is 0.487. The van der Waals surface area contributed by atoms with Crippen LogP contribution in [-0.2, 0) is 4.79 Å². The zero-order valence-corrected chi connectivity index (χ0v) is 4.57. The number of hydrogen-bond acceptors (Lipinski definition) is 3. The number of hydrogen-bond donors (Lipinski definition) is 1. The Morgan fingerprint density at radius 1 is 1.86 bits per heavy atom. The van der Waals surface area contributed by atoms with Gasteiger partial charge in [0, 0.05) is 6.42 Å². The van der Waals surface area contributed by atoms with Crippen molar-refractivity contribution in [2.45, 2.75) is 11.9 Å². The Morgan fingerprint density at radius 3 is 2.71 bits per heavy atom. The van der Waals surface area contributed by atoms with Gasteiger partial charge in [-0.25, -0.2) is 0 Å². The van der Waals surface area contributed by atoms with Crippen LogP contribution in [0.1, 0.15) is 6.42 Å². The molecule has 40 valence electrons. The van der Waals surface area contributed by atoms with Gasteiger partial charge in [-0.3, -0.25) is 4.79 Å². The second kappa shape index (κ2) is 1.84. The number of thioether (sulfide) groups is 1. The first-order chi connectivity index (χ1) is 3.29. The molecule has 0 radical (unpaired) electrons. The number of rotatable bonds is 0. The van der Waals surface area contributed by atoms with Gasteiger partial charge in [-0.05, 0) is 0 Å². The molecule has 0 aromatic carbocycles. The highest BCUT2D eigenvalue weighted by Crippen LogP contribution is 2.19. The maximum absolute atomic E-state index is 10.3. The minimum atomic E-state index is -0.410. The van der Waals surface area contributed by atoms with Crippen LogP contribution in [0.3, 0.4) is 0 Å². The lowest BCUT2D eigenvalue weighted by molar-refractivity contribution is -0.116. The molecular weight excluding hydrogens is 112 g/mol. The van der Waals surface area contributed by atoms with Crippen LogP contribution in [0.4, 0.5) is 0 Å². The Labute approximate surface area is 45.9 Å². The Balaban J connectivity index is 2.40. The fourth-order valence-electron chi connectivity index (χ4n) is 0.502. The van der Waals surface area contributed by atoms with Crippen molar-refractivity contribution >= 4 is 17.5 Å². The van der Waals surface area contributed by atoms with Gasteiger partial charge < -0.3 is 5.11 Å². The molecule has 0 spiro atoms. The van der Waals surface area contributed by atoms with Gasteiger partial charge in [-0.15, -0.1) is 11.8 Å². The SMILES string of the molecule is O=C1CSC(O)C1. The third-order valence-corrected chi connectivity index (χ3v) is 1.88. The Morgan fingerprint density at radius 2 is 2.57 bits per heavy atom. The summed E-state index contributed by atoms with van der Waals surface area (Å²) in [6, 6.07) is 0. The lowest BCUT2D eigenvalue weighted by atomic mass is 10.3. The Bertz CT molecular complexity index is 91.7. The maximum Gasteiger partial charge on any atom is 0.146 e. The van der Waals surface area contributed by atoms with Crippen LogP contribution >= 0.6 is 11.8 Å². The second-order valence-corrected chi connectivity index (χ2v) is 2.67. The topological polar surface area (TPSA) is 37.3 Å². The Hall–Kier alpha value is -0.0200. The van der Waals surface area contributed by atoms with Crippen molar-refractivity contribution in [3.8, 4) is 0 Å². The van der Waals surface area contributed by atoms with Crippen molar-refractivity contribution in [2.75, 3.05) is 5.75 Å². The van der Waals surface area contributed by atoms with Crippen molar-refractivity contribution in [3.05, 3.63) is 0 Å². The first-order valence-corrected chi connectivity index (χ1v) is 3.15. The molecule has 1 aliphatic rings. The van der Waals surface area contributed by atoms with Gasteiger partial charge in [0.1, 0.15) is 11.2 Å². The summed E-state index contributed by atoms with van der Waals surface area (Å²) in [6.07, 6.45) is 0.352. The number of ketones is 1. The summed E-state index contributed by atoms with van der Waals surface area (Å²) in [7, 11) is 0. The highest BCUT2D eigenvalue weighted by molar-refractivity contribution is 8.00. The largest absolute Gasteiger partial charge is 0.382 e. The van der Waals surface area contributed by atoms with Gasteiger partial charge in [0.25, 0.3) is 0 Å². The summed E-state index contributed by atoms with van der Waals surface area (Å²) in [5, 5.41) is 8.64. The molecule has 1 fully saturated rings. The summed E-state index contributed by atoms with van der Waals surface area (Å²) >= 11 is 1.31. The fourth-order valence-corrected chi connectivity index (χ4v) is 1.30. The molecule has 0 saturated carbocycles. The molecule has 7 heavy (non-hydrogen) atoms. The van der Waals surface area contributed by atoms with Gasteiger partial charge in [-0.2, -0.15) is 0 Å². The molecule has 2 nitrogen and oxygen atoms in total. The molecule has 1 N–H and O–H groups in total. The smallest absolute Gasteiger partial charge is 0.146 e. The number of Topliss-reactive ketones (excluding diaryl/α,β-unsaturated/α-hetero) is 1. The van der Waals surface area contributed by atoms with Gasteiger partial charge in [0.15, 0.2) is 0 Å². The van der Waals surface area contributed by atoms with E-state index in [0.717, 1.165) is 0 Å². The number of carbonyl (C=O) groups excluding carboxylic acids is 1. The predicted octanol–water partition coefficient (Wildman–Crippen LogP) is 0.0108. The van der Waals surface area contributed by atoms with Crippen LogP contribution in [0.5, 0.6) is 0 Å². The Kier molecular flexibility index (Phi) is 1.35. The van der Waals surface area contributed by atoms with Gasteiger partial charge in [0.2, 0.25) is 0 Å². The molecule has 1 rings (SSSR count). The third kappa shape index (κ3) is 1.17. The molecule has 1 aliphatic heterocycles. The summed E-state index contributed by atoms with van der Waals surface area (Å²) < 4.78 is 0. The van der Waals surface area contributed by atoms with E-state index in [1.165, 1.54) is 11.8 Å². The lowest BCUT2D eigenvalue weighted by Gasteiger charge is -1.89. The molecule has 1 atom stereocenters. The van der Waals surface area contributed by atoms with E-state index in [2.05, 4.69) is 0 Å². The molecule has 1 heterocycles. The van der Waals surface area contributed by atoms with Crippen LogP contribution in [0.2, 0.25) is 0 Å². The van der Waals surface area contributed by atoms with E-state index in [0.29, 0.717) is 12.2 Å². The molecule has 0 aliphatic carbocycles. The summed E-state index contributed by atoms with van der Waals surface area (Å²) in [4.78, 5) is 10.3. The summed E-state index contributed by atoms with van der Waals surface area (Å²) in [6.45, 7) is 0. The van der Waals surface area contributed by atoms with E-state index in [9.17, 15) is 4.79 Å². The number of carbonyl (C=O) groups is 1. The van der Waals surface area contributed by atoms with E-state index in [4.69, 9.17) is 5.11 Å². The standard InChI is InChI=1S/C4H6O2S/c5-3-1-4(6)7-2-3/h4,6H,1-2H2. The second-order valence-electron chi connectivity index (χ2n) is 1.51. The third-order valence-electron chi connectivity index (χ3n) is 0.839. The number of aliphatic hydroxyl groups is 1. The highest BCUT2D eigenvalue weighted by Gasteiger charge is 2.19. The van der Waals surface area contributed by atoms with Crippen LogP contribution in [0.15, 0.2) is 0 Å². The normalized spacial score (nSPS) is 31.6. The van der Waals surface area contributed by atoms with Crippen molar-refractivity contribution in [3.63, 3.8) is 0 Å². The minimum Gasteiger partial charge on any atom is -0.382 e. The van der Waals surface area contributed by atoms with Crippen molar-refractivity contribution < 1.29 is 9.90 Å². The van der Waals surface area contributed by atoms with Crippen molar-refractivity contribution in [1.82, 2.24) is 0 Å². The monoisotopic (exact) mass is 118 g/mol. The van der Waals surface area contributed by atoms with E-state index in [-0.39, 0.29) is 5.78 Å². The highest BCUT2D eigenvalue weighted by atomic mass is 32.2. The van der Waals surface area contributed by atoms with Gasteiger partial charge in [-0.1, -0.05) is 0 Å². The summed E-state index contributed by atoms with van der Waals surface area (Å²) in [5.41, 5.74) is -0.410. The first kappa shape index (κ1) is 5.12. The molecule has 0 aromatic heterocycles. The number of aliphatic hydroxyl groups excluding tert-OH is 1. The van der Waals surface area contributed by atoms with E-state index in [1.54, 1.807) is 0 Å². The molecule has 3 heteroatoms. The van der Waals surface area contributed by atoms with Crippen molar-refractivity contribution in [1.29, 1.82) is 0 Å². The summed E-state index contributed by atoms with van der Waals surface area (Å²) in [5.74, 6) is 0.666. The van der Waals surface area contributed by atoms with E-state index >= 15 is 0 Å². The maximum atomic E-state index is 10.3. The molecule has 0 aromatic rings. The van der Waals surface area contributed by atoms with Crippen LogP contribution in [0, 0.1) is 0 Å². The van der Waals surface area contributed by atoms with Gasteiger partial charge >= 0.3 is 0 Å². The zero-order chi connectivity index (χ0) is 5.28. The van der Waals surface area contributed by atoms with Crippen LogP contribution < -0.4 is 0 Å². The fraction of sp³-hybridized carbons (Fsp3) is 0.750. The van der Waals surface area contributed by atoms with Crippen LogP contribution in [-0.4, -0.2) is 22.1 Å². The minimum absolute atomic E-state index is 0.164. The lowest BCUT2D eigenvalue weighted by Crippen LogP contribution is -1.96. The molecule has 0 bridgehead atoms. The van der Waals surface area contributed by atoms with Gasteiger partial charge in [0.05, 0.1) is 5.75 Å². The average molecular weight is 118 g/mol. The predicted molar refractivity (Wildman–Crippen MR) is 28.1 cm³/mol. The van der Waals surface area contributed by atoms with Crippen molar-refractivity contribution in [2.24, 2.45) is 0 Å². The molecule has 1 unspecified atom stereocenters. The average Bonchev–Trinajstić information content (AvgIpc) is 1.87.